The Bertz CT molecular complexity index is 557. The van der Waals surface area contributed by atoms with Crippen molar-refractivity contribution in [3.8, 4) is 0 Å². The maximum absolute atomic E-state index is 12.6. The number of hydrogen-bond donors (Lipinski definition) is 1. The lowest BCUT2D eigenvalue weighted by Gasteiger charge is -2.40. The first-order valence-electron chi connectivity index (χ1n) is 8.50. The van der Waals surface area contributed by atoms with Crippen LogP contribution in [0.4, 0.5) is 0 Å². The molecule has 1 atom stereocenters. The third-order valence-electron chi connectivity index (χ3n) is 5.63. The van der Waals surface area contributed by atoms with Gasteiger partial charge in [0, 0.05) is 43.7 Å². The monoisotopic (exact) mass is 304 g/mol. The first-order chi connectivity index (χ1) is 10.5. The van der Waals surface area contributed by atoms with E-state index in [2.05, 4.69) is 29.2 Å². The maximum atomic E-state index is 12.6. The molecule has 5 nitrogen and oxygen atoms in total. The highest BCUT2D eigenvalue weighted by atomic mass is 16.2. The quantitative estimate of drug-likeness (QED) is 0.926. The van der Waals surface area contributed by atoms with Gasteiger partial charge in [0.1, 0.15) is 0 Å². The van der Waals surface area contributed by atoms with Crippen molar-refractivity contribution in [1.82, 2.24) is 20.0 Å². The van der Waals surface area contributed by atoms with Gasteiger partial charge in [-0.15, -0.1) is 0 Å². The number of carbonyl (C=O) groups is 1. The number of hydrogen-bond acceptors (Lipinski definition) is 3. The van der Waals surface area contributed by atoms with E-state index in [1.165, 1.54) is 24.1 Å². The summed E-state index contributed by atoms with van der Waals surface area (Å²) in [4.78, 5) is 14.7. The summed E-state index contributed by atoms with van der Waals surface area (Å²) in [7, 11) is 0. The van der Waals surface area contributed by atoms with Gasteiger partial charge in [0.25, 0.3) is 0 Å². The predicted octanol–water partition coefficient (Wildman–Crippen LogP) is 1.80. The first-order valence-corrected chi connectivity index (χ1v) is 8.50. The highest BCUT2D eigenvalue weighted by Gasteiger charge is 2.39. The minimum atomic E-state index is 0.288. The molecule has 3 heterocycles. The highest BCUT2D eigenvalue weighted by Crippen LogP contribution is 2.35. The molecule has 5 heteroatoms. The van der Waals surface area contributed by atoms with Gasteiger partial charge in [-0.3, -0.25) is 9.48 Å². The van der Waals surface area contributed by atoms with Gasteiger partial charge in [0.2, 0.25) is 5.91 Å². The fourth-order valence-corrected chi connectivity index (χ4v) is 3.93. The van der Waals surface area contributed by atoms with Gasteiger partial charge in [-0.25, -0.2) is 0 Å². The highest BCUT2D eigenvalue weighted by molar-refractivity contribution is 5.76. The van der Waals surface area contributed by atoms with Gasteiger partial charge < -0.3 is 10.2 Å². The lowest BCUT2D eigenvalue weighted by molar-refractivity contribution is -0.134. The normalized spacial score (nSPS) is 25.1. The van der Waals surface area contributed by atoms with E-state index in [4.69, 9.17) is 0 Å². The third-order valence-corrected chi connectivity index (χ3v) is 5.63. The van der Waals surface area contributed by atoms with Crippen molar-refractivity contribution in [3.05, 3.63) is 17.0 Å². The molecule has 1 amide bonds. The first kappa shape index (κ1) is 15.5. The van der Waals surface area contributed by atoms with Crippen LogP contribution in [-0.4, -0.2) is 46.8 Å². The number of nitrogens with one attached hydrogen (secondary N) is 1. The minimum absolute atomic E-state index is 0.288. The van der Waals surface area contributed by atoms with E-state index in [-0.39, 0.29) is 5.91 Å². The Morgan fingerprint density at radius 2 is 2.14 bits per heavy atom. The molecule has 2 aliphatic rings. The maximum Gasteiger partial charge on any atom is 0.224 e. The van der Waals surface area contributed by atoms with Crippen LogP contribution < -0.4 is 5.32 Å². The van der Waals surface area contributed by atoms with Crippen LogP contribution in [0.2, 0.25) is 0 Å². The number of aryl methyl sites for hydroxylation is 2. The van der Waals surface area contributed by atoms with Crippen LogP contribution in [0.5, 0.6) is 0 Å². The molecule has 1 aromatic heterocycles. The van der Waals surface area contributed by atoms with E-state index in [0.717, 1.165) is 38.3 Å². The average molecular weight is 304 g/mol. The number of piperidine rings is 1. The molecule has 0 radical (unpaired) electrons. The minimum Gasteiger partial charge on any atom is -0.342 e. The number of amides is 1. The summed E-state index contributed by atoms with van der Waals surface area (Å²) >= 11 is 0. The lowest BCUT2D eigenvalue weighted by Crippen LogP contribution is -2.47. The molecule has 2 saturated heterocycles. The van der Waals surface area contributed by atoms with Crippen LogP contribution in [0.3, 0.4) is 0 Å². The molecular weight excluding hydrogens is 276 g/mol. The van der Waals surface area contributed by atoms with Gasteiger partial charge in [-0.1, -0.05) is 0 Å². The second-order valence-electron chi connectivity index (χ2n) is 7.11. The van der Waals surface area contributed by atoms with E-state index in [0.29, 0.717) is 18.4 Å². The molecule has 122 valence electrons. The molecule has 0 aromatic carbocycles. The third kappa shape index (κ3) is 2.91. The second-order valence-corrected chi connectivity index (χ2v) is 7.11. The molecule has 1 spiro atoms. The molecule has 0 aliphatic carbocycles. The summed E-state index contributed by atoms with van der Waals surface area (Å²) in [6, 6.07) is 0. The van der Waals surface area contributed by atoms with Crippen LogP contribution >= 0.6 is 0 Å². The fraction of sp³-hybridized carbons (Fsp3) is 0.765. The Hall–Kier alpha value is -1.36. The van der Waals surface area contributed by atoms with Gasteiger partial charge in [0.15, 0.2) is 0 Å². The van der Waals surface area contributed by atoms with E-state index >= 15 is 0 Å². The van der Waals surface area contributed by atoms with E-state index in [9.17, 15) is 4.79 Å². The van der Waals surface area contributed by atoms with Crippen LogP contribution in [0.25, 0.3) is 0 Å². The summed E-state index contributed by atoms with van der Waals surface area (Å²) in [6.45, 7) is 11.0. The Kier molecular flexibility index (Phi) is 4.26. The predicted molar refractivity (Wildman–Crippen MR) is 86.8 cm³/mol. The average Bonchev–Trinajstić information content (AvgIpc) is 3.05. The summed E-state index contributed by atoms with van der Waals surface area (Å²) < 4.78 is 1.99. The van der Waals surface area contributed by atoms with Crippen molar-refractivity contribution in [2.45, 2.75) is 53.0 Å². The zero-order valence-electron chi connectivity index (χ0n) is 14.1. The van der Waals surface area contributed by atoms with Gasteiger partial charge >= 0.3 is 0 Å². The molecule has 3 rings (SSSR count). The van der Waals surface area contributed by atoms with Crippen molar-refractivity contribution in [2.24, 2.45) is 5.41 Å². The molecule has 22 heavy (non-hydrogen) atoms. The molecular formula is C17H28N4O. The smallest absolute Gasteiger partial charge is 0.224 e. The topological polar surface area (TPSA) is 50.2 Å². The molecule has 0 saturated carbocycles. The number of rotatable bonds is 3. The number of nitrogens with zero attached hydrogens (tertiary/aromatic N) is 3. The van der Waals surface area contributed by atoms with Crippen LogP contribution in [-0.2, 0) is 11.3 Å². The molecule has 2 aliphatic heterocycles. The van der Waals surface area contributed by atoms with Crippen LogP contribution in [0.15, 0.2) is 0 Å². The zero-order valence-corrected chi connectivity index (χ0v) is 14.1. The Morgan fingerprint density at radius 1 is 1.32 bits per heavy atom. The Labute approximate surface area is 133 Å². The molecule has 2 fully saturated rings. The largest absolute Gasteiger partial charge is 0.342 e. The molecule has 1 unspecified atom stereocenters. The number of carbonyl (C=O) groups excluding carboxylic acids is 1. The van der Waals surface area contributed by atoms with Gasteiger partial charge in [-0.05, 0) is 52.1 Å². The number of likely N-dealkylation sites (tertiary alicyclic amines) is 1. The van der Waals surface area contributed by atoms with Gasteiger partial charge in [-0.2, -0.15) is 5.10 Å². The summed E-state index contributed by atoms with van der Waals surface area (Å²) in [6.07, 6.45) is 4.19. The zero-order chi connectivity index (χ0) is 15.7. The Balaban J connectivity index is 1.58. The van der Waals surface area contributed by atoms with Crippen molar-refractivity contribution in [1.29, 1.82) is 0 Å². The summed E-state index contributed by atoms with van der Waals surface area (Å²) in [5, 5.41) is 8.00. The van der Waals surface area contributed by atoms with Crippen molar-refractivity contribution in [3.63, 3.8) is 0 Å². The standard InChI is InChI=1S/C17H28N4O/c1-13-14(2)19-21(15(13)3)10-5-16(22)20-9-4-6-17(12-20)7-8-18-11-17/h18H,4-12H2,1-3H3. The van der Waals surface area contributed by atoms with Crippen molar-refractivity contribution >= 4 is 5.91 Å². The van der Waals surface area contributed by atoms with Crippen molar-refractivity contribution in [2.75, 3.05) is 26.2 Å². The second kappa shape index (κ2) is 6.03. The van der Waals surface area contributed by atoms with Gasteiger partial charge in [0.05, 0.1) is 5.69 Å². The molecule has 1 aromatic rings. The van der Waals surface area contributed by atoms with E-state index < -0.39 is 0 Å². The lowest BCUT2D eigenvalue weighted by atomic mass is 9.79. The summed E-state index contributed by atoms with van der Waals surface area (Å²) in [5.41, 5.74) is 3.84. The Morgan fingerprint density at radius 3 is 2.77 bits per heavy atom. The molecule has 0 bridgehead atoms. The van der Waals surface area contributed by atoms with E-state index in [1.807, 2.05) is 11.6 Å². The van der Waals surface area contributed by atoms with E-state index in [1.54, 1.807) is 0 Å². The summed E-state index contributed by atoms with van der Waals surface area (Å²) in [5.74, 6) is 0.288. The van der Waals surface area contributed by atoms with Crippen LogP contribution in [0.1, 0.15) is 42.6 Å². The SMILES string of the molecule is Cc1nn(CCC(=O)N2CCCC3(CCNC3)C2)c(C)c1C. The van der Waals surface area contributed by atoms with Crippen molar-refractivity contribution < 1.29 is 4.79 Å². The van der Waals surface area contributed by atoms with Crippen LogP contribution in [0, 0.1) is 26.2 Å². The molecule has 1 N–H and O–H groups in total. The number of aromatic nitrogens is 2. The fourth-order valence-electron chi connectivity index (χ4n) is 3.93.